The van der Waals surface area contributed by atoms with Crippen molar-refractivity contribution in [3.63, 3.8) is 0 Å². The van der Waals surface area contributed by atoms with E-state index in [0.29, 0.717) is 11.5 Å². The summed E-state index contributed by atoms with van der Waals surface area (Å²) in [7, 11) is 0. The molecule has 0 aliphatic carbocycles. The molecular weight excluding hydrogens is 216 g/mol. The van der Waals surface area contributed by atoms with Gasteiger partial charge in [0.2, 0.25) is 0 Å². The molecule has 1 unspecified atom stereocenters. The summed E-state index contributed by atoms with van der Waals surface area (Å²) in [5, 5.41) is 10.0. The number of nitrogen functional groups attached to an aromatic ring is 2. The Hall–Kier alpha value is -1.49. The Morgan fingerprint density at radius 1 is 1.29 bits per heavy atom. The lowest BCUT2D eigenvalue weighted by atomic mass is 9.98. The quantitative estimate of drug-likeness (QED) is 0.676. The fourth-order valence-electron chi connectivity index (χ4n) is 2.14. The molecule has 1 aliphatic rings. The Balaban J connectivity index is 2.14. The van der Waals surface area contributed by atoms with Gasteiger partial charge in [-0.25, -0.2) is 4.98 Å². The minimum atomic E-state index is -0.561. The summed E-state index contributed by atoms with van der Waals surface area (Å²) >= 11 is 0. The molecule has 5 nitrogen and oxygen atoms in total. The van der Waals surface area contributed by atoms with Crippen molar-refractivity contribution >= 4 is 17.3 Å². The lowest BCUT2D eigenvalue weighted by molar-refractivity contribution is 0.0481. The van der Waals surface area contributed by atoms with Crippen LogP contribution < -0.4 is 16.4 Å². The third-order valence-corrected chi connectivity index (χ3v) is 3.33. The highest BCUT2D eigenvalue weighted by molar-refractivity contribution is 5.62. The Bertz CT molecular complexity index is 405. The normalized spacial score (nSPS) is 25.6. The third kappa shape index (κ3) is 2.79. The van der Waals surface area contributed by atoms with Gasteiger partial charge in [-0.05, 0) is 38.3 Å². The van der Waals surface area contributed by atoms with Gasteiger partial charge in [-0.2, -0.15) is 0 Å². The summed E-state index contributed by atoms with van der Waals surface area (Å²) < 4.78 is 0. The topological polar surface area (TPSA) is 88.4 Å². The van der Waals surface area contributed by atoms with Crippen LogP contribution in [-0.2, 0) is 0 Å². The van der Waals surface area contributed by atoms with Crippen molar-refractivity contribution in [3.8, 4) is 0 Å². The summed E-state index contributed by atoms with van der Waals surface area (Å²) in [6, 6.07) is 3.66. The number of anilines is 3. The molecule has 1 fully saturated rings. The Kier molecular flexibility index (Phi) is 3.11. The van der Waals surface area contributed by atoms with Gasteiger partial charge in [-0.3, -0.25) is 0 Å². The van der Waals surface area contributed by atoms with Crippen LogP contribution in [0.15, 0.2) is 12.1 Å². The van der Waals surface area contributed by atoms with Gasteiger partial charge >= 0.3 is 0 Å². The molecule has 0 spiro atoms. The van der Waals surface area contributed by atoms with Crippen molar-refractivity contribution in [1.29, 1.82) is 0 Å². The molecule has 2 rings (SSSR count). The number of nitrogens with two attached hydrogens (primary N) is 2. The second kappa shape index (κ2) is 4.41. The number of rotatable bonds is 1. The minimum absolute atomic E-state index is 0.374. The predicted octanol–water partition coefficient (Wildman–Crippen LogP) is 0.987. The monoisotopic (exact) mass is 236 g/mol. The molecule has 1 aromatic heterocycles. The smallest absolute Gasteiger partial charge is 0.149 e. The van der Waals surface area contributed by atoms with Gasteiger partial charge in [0.1, 0.15) is 11.6 Å². The van der Waals surface area contributed by atoms with Crippen LogP contribution >= 0.6 is 0 Å². The third-order valence-electron chi connectivity index (χ3n) is 3.33. The Morgan fingerprint density at radius 2 is 2.06 bits per heavy atom. The highest BCUT2D eigenvalue weighted by atomic mass is 16.3. The number of hydrogen-bond donors (Lipinski definition) is 3. The Morgan fingerprint density at radius 3 is 2.76 bits per heavy atom. The first-order valence-electron chi connectivity index (χ1n) is 5.97. The van der Waals surface area contributed by atoms with Gasteiger partial charge in [-0.1, -0.05) is 0 Å². The second-order valence-electron chi connectivity index (χ2n) is 4.98. The summed E-state index contributed by atoms with van der Waals surface area (Å²) in [5.41, 5.74) is 11.3. The average Bonchev–Trinajstić information content (AvgIpc) is 2.44. The highest BCUT2D eigenvalue weighted by Crippen LogP contribution is 2.25. The van der Waals surface area contributed by atoms with Gasteiger partial charge in [0, 0.05) is 13.1 Å². The maximum atomic E-state index is 10.0. The van der Waals surface area contributed by atoms with E-state index in [4.69, 9.17) is 11.5 Å². The molecule has 1 atom stereocenters. The molecule has 1 saturated heterocycles. The second-order valence-corrected chi connectivity index (χ2v) is 4.98. The van der Waals surface area contributed by atoms with E-state index in [9.17, 15) is 5.11 Å². The summed E-state index contributed by atoms with van der Waals surface area (Å²) in [5.74, 6) is 1.22. The summed E-state index contributed by atoms with van der Waals surface area (Å²) in [6.07, 6.45) is 2.53. The van der Waals surface area contributed by atoms with E-state index in [1.165, 1.54) is 0 Å². The molecular formula is C12H20N4O. The number of hydrogen-bond acceptors (Lipinski definition) is 5. The van der Waals surface area contributed by atoms with Crippen LogP contribution in [0.5, 0.6) is 0 Å². The van der Waals surface area contributed by atoms with Gasteiger partial charge in [-0.15, -0.1) is 0 Å². The van der Waals surface area contributed by atoms with Crippen LogP contribution in [0, 0.1) is 0 Å². The minimum Gasteiger partial charge on any atom is -0.396 e. The van der Waals surface area contributed by atoms with E-state index >= 15 is 0 Å². The standard InChI is InChI=1S/C12H20N4O/c1-12(17)5-2-7-16(8-6-12)10-4-3-9(13)11(14)15-10/h3-4,17H,2,5-8,13H2,1H3,(H2,14,15). The molecule has 0 bridgehead atoms. The SMILES string of the molecule is CC1(O)CCCN(c2ccc(N)c(N)n2)CC1. The average molecular weight is 236 g/mol. The van der Waals surface area contributed by atoms with Gasteiger partial charge < -0.3 is 21.5 Å². The maximum Gasteiger partial charge on any atom is 0.149 e. The first-order chi connectivity index (χ1) is 7.98. The van der Waals surface area contributed by atoms with E-state index in [1.807, 2.05) is 13.0 Å². The molecule has 0 radical (unpaired) electrons. The molecule has 5 heteroatoms. The molecule has 1 aromatic rings. The lowest BCUT2D eigenvalue weighted by Crippen LogP contribution is -2.28. The molecule has 94 valence electrons. The van der Waals surface area contributed by atoms with Crippen LogP contribution in [0.4, 0.5) is 17.3 Å². The van der Waals surface area contributed by atoms with Crippen molar-refractivity contribution < 1.29 is 5.11 Å². The van der Waals surface area contributed by atoms with Crippen molar-refractivity contribution in [2.75, 3.05) is 29.5 Å². The first-order valence-corrected chi connectivity index (χ1v) is 5.97. The van der Waals surface area contributed by atoms with E-state index in [1.54, 1.807) is 6.07 Å². The van der Waals surface area contributed by atoms with E-state index in [0.717, 1.165) is 38.2 Å². The molecule has 0 aromatic carbocycles. The van der Waals surface area contributed by atoms with Crippen molar-refractivity contribution in [2.24, 2.45) is 0 Å². The van der Waals surface area contributed by atoms with Gasteiger partial charge in [0.05, 0.1) is 11.3 Å². The maximum absolute atomic E-state index is 10.0. The van der Waals surface area contributed by atoms with Crippen LogP contribution in [0.25, 0.3) is 0 Å². The lowest BCUT2D eigenvalue weighted by Gasteiger charge is -2.23. The zero-order chi connectivity index (χ0) is 12.5. The number of pyridine rings is 1. The van der Waals surface area contributed by atoms with E-state index < -0.39 is 5.60 Å². The predicted molar refractivity (Wildman–Crippen MR) is 69.7 cm³/mol. The number of aliphatic hydroxyl groups is 1. The fourth-order valence-corrected chi connectivity index (χ4v) is 2.14. The zero-order valence-corrected chi connectivity index (χ0v) is 10.2. The molecule has 1 aliphatic heterocycles. The Labute approximate surface area is 101 Å². The molecule has 0 saturated carbocycles. The van der Waals surface area contributed by atoms with E-state index in [-0.39, 0.29) is 0 Å². The van der Waals surface area contributed by atoms with E-state index in [2.05, 4.69) is 9.88 Å². The fraction of sp³-hybridized carbons (Fsp3) is 0.583. The van der Waals surface area contributed by atoms with Crippen LogP contribution in [0.3, 0.4) is 0 Å². The van der Waals surface area contributed by atoms with Crippen molar-refractivity contribution in [1.82, 2.24) is 4.98 Å². The van der Waals surface area contributed by atoms with Crippen LogP contribution in [0.1, 0.15) is 26.2 Å². The van der Waals surface area contributed by atoms with Crippen LogP contribution in [0.2, 0.25) is 0 Å². The summed E-state index contributed by atoms with van der Waals surface area (Å²) in [6.45, 7) is 3.58. The molecule has 17 heavy (non-hydrogen) atoms. The molecule has 0 amide bonds. The summed E-state index contributed by atoms with van der Waals surface area (Å²) in [4.78, 5) is 6.43. The molecule has 2 heterocycles. The zero-order valence-electron chi connectivity index (χ0n) is 10.2. The van der Waals surface area contributed by atoms with Crippen molar-refractivity contribution in [2.45, 2.75) is 31.8 Å². The highest BCUT2D eigenvalue weighted by Gasteiger charge is 2.25. The molecule has 5 N–H and O–H groups in total. The first kappa shape index (κ1) is 12.0. The largest absolute Gasteiger partial charge is 0.396 e. The van der Waals surface area contributed by atoms with Crippen LogP contribution in [-0.4, -0.2) is 28.8 Å². The van der Waals surface area contributed by atoms with Gasteiger partial charge in [0.25, 0.3) is 0 Å². The number of aromatic nitrogens is 1. The number of nitrogens with zero attached hydrogens (tertiary/aromatic N) is 2. The van der Waals surface area contributed by atoms with Crippen molar-refractivity contribution in [3.05, 3.63) is 12.1 Å². The van der Waals surface area contributed by atoms with Gasteiger partial charge in [0.15, 0.2) is 0 Å².